The summed E-state index contributed by atoms with van der Waals surface area (Å²) in [5.41, 5.74) is 4.16. The molecule has 3 heterocycles. The van der Waals surface area contributed by atoms with E-state index in [1.165, 1.54) is 21.5 Å². The van der Waals surface area contributed by atoms with Crippen molar-refractivity contribution < 1.29 is 0 Å². The molecule has 5 aromatic carbocycles. The zero-order valence-electron chi connectivity index (χ0n) is 20.9. The van der Waals surface area contributed by atoms with E-state index in [0.29, 0.717) is 0 Å². The monoisotopic (exact) mass is 535 g/mol. The molecule has 0 N–H and O–H groups in total. The predicted octanol–water partition coefficient (Wildman–Crippen LogP) is 7.10. The molecule has 3 aromatic heterocycles. The van der Waals surface area contributed by atoms with E-state index >= 15 is 0 Å². The Hall–Kier alpha value is -4.37. The first-order valence-corrected chi connectivity index (χ1v) is 15.7. The van der Waals surface area contributed by atoms with Gasteiger partial charge in [-0.15, -0.1) is 0 Å². The van der Waals surface area contributed by atoms with Crippen molar-refractivity contribution in [3.8, 4) is 0 Å². The number of benzene rings is 5. The van der Waals surface area contributed by atoms with E-state index in [4.69, 9.17) is 16.8 Å². The molecule has 0 aliphatic carbocycles. The molecule has 39 heavy (non-hydrogen) atoms. The van der Waals surface area contributed by atoms with Crippen LogP contribution in [0.4, 0.5) is 0 Å². The van der Waals surface area contributed by atoms with E-state index in [0.717, 1.165) is 43.5 Å². The molecule has 0 bridgehead atoms. The molecule has 0 aliphatic heterocycles. The van der Waals surface area contributed by atoms with Gasteiger partial charge >= 0.3 is 0 Å². The maximum absolute atomic E-state index is 6.89. The van der Waals surface area contributed by atoms with E-state index in [9.17, 15) is 0 Å². The summed E-state index contributed by atoms with van der Waals surface area (Å²) in [5.74, 6) is 0. The molecule has 5 heteroatoms. The number of hydrogen-bond acceptors (Lipinski definition) is 3. The van der Waals surface area contributed by atoms with Crippen LogP contribution in [0.1, 0.15) is 0 Å². The fourth-order valence-corrected chi connectivity index (χ4v) is 9.87. The molecule has 0 radical (unpaired) electrons. The van der Waals surface area contributed by atoms with Crippen LogP contribution in [0.2, 0.25) is 0 Å². The van der Waals surface area contributed by atoms with Crippen LogP contribution in [0.25, 0.3) is 49.1 Å². The Kier molecular flexibility index (Phi) is 4.97. The van der Waals surface area contributed by atoms with Gasteiger partial charge in [-0.25, -0.2) is 4.98 Å². The third-order valence-corrected chi connectivity index (χ3v) is 12.6. The highest BCUT2D eigenvalue weighted by molar-refractivity contribution is 8.25. The van der Waals surface area contributed by atoms with Gasteiger partial charge in [0.15, 0.2) is 0 Å². The summed E-state index contributed by atoms with van der Waals surface area (Å²) in [4.78, 5) is 9.76. The molecule has 3 nitrogen and oxygen atoms in total. The molecule has 0 aliphatic rings. The zero-order chi connectivity index (χ0) is 26.0. The van der Waals surface area contributed by atoms with E-state index < -0.39 is 6.04 Å². The van der Waals surface area contributed by atoms with Gasteiger partial charge in [-0.05, 0) is 51.8 Å². The van der Waals surface area contributed by atoms with Gasteiger partial charge in [0.2, 0.25) is 0 Å². The zero-order valence-corrected chi connectivity index (χ0v) is 22.6. The number of imidazole rings is 1. The Morgan fingerprint density at radius 2 is 1.38 bits per heavy atom. The molecule has 0 saturated carbocycles. The van der Waals surface area contributed by atoms with Crippen molar-refractivity contribution in [1.29, 1.82) is 0 Å². The van der Waals surface area contributed by atoms with Gasteiger partial charge < -0.3 is 0 Å². The Labute approximate surface area is 230 Å². The first kappa shape index (κ1) is 22.6. The minimum Gasteiger partial charge on any atom is -0.292 e. The third kappa shape index (κ3) is 3.26. The van der Waals surface area contributed by atoms with E-state index in [1.54, 1.807) is 0 Å². The summed E-state index contributed by atoms with van der Waals surface area (Å²) in [6, 6.07) is 40.3. The maximum Gasteiger partial charge on any atom is 0.147 e. The molecular formula is C34H22N3PS. The second-order valence-corrected chi connectivity index (χ2v) is 14.2. The lowest BCUT2D eigenvalue weighted by molar-refractivity contribution is 1.32. The quantitative estimate of drug-likeness (QED) is 0.179. The second kappa shape index (κ2) is 8.57. The van der Waals surface area contributed by atoms with Gasteiger partial charge in [0.25, 0.3) is 0 Å². The Bertz CT molecular complexity index is 2270. The molecule has 1 unspecified atom stereocenters. The van der Waals surface area contributed by atoms with Crippen molar-refractivity contribution in [3.63, 3.8) is 0 Å². The second-order valence-electron chi connectivity index (χ2n) is 9.83. The highest BCUT2D eigenvalue weighted by Crippen LogP contribution is 2.46. The van der Waals surface area contributed by atoms with Crippen molar-refractivity contribution >= 4 is 82.9 Å². The molecule has 0 amide bonds. The van der Waals surface area contributed by atoms with E-state index in [-0.39, 0.29) is 0 Å². The third-order valence-electron chi connectivity index (χ3n) is 7.71. The van der Waals surface area contributed by atoms with Crippen LogP contribution in [0, 0.1) is 0 Å². The Morgan fingerprint density at radius 3 is 2.26 bits per heavy atom. The fourth-order valence-electron chi connectivity index (χ4n) is 5.94. The topological polar surface area (TPSA) is 30.2 Å². The number of pyridine rings is 2. The molecule has 1 atom stereocenters. The summed E-state index contributed by atoms with van der Waals surface area (Å²) >= 11 is 6.89. The maximum atomic E-state index is 6.89. The number of nitrogens with zero attached hydrogens (tertiary/aromatic N) is 3. The predicted molar refractivity (Wildman–Crippen MR) is 169 cm³/mol. The van der Waals surface area contributed by atoms with Gasteiger partial charge in [-0.1, -0.05) is 103 Å². The van der Waals surface area contributed by atoms with Crippen molar-refractivity contribution in [2.24, 2.45) is 0 Å². The van der Waals surface area contributed by atoms with Gasteiger partial charge in [0.1, 0.15) is 5.65 Å². The number of para-hydroxylation sites is 3. The lowest BCUT2D eigenvalue weighted by Crippen LogP contribution is -2.26. The minimum atomic E-state index is -2.53. The molecular weight excluding hydrogens is 513 g/mol. The van der Waals surface area contributed by atoms with Crippen LogP contribution in [0.15, 0.2) is 134 Å². The largest absolute Gasteiger partial charge is 0.292 e. The van der Waals surface area contributed by atoms with Gasteiger partial charge in [0, 0.05) is 39.8 Å². The van der Waals surface area contributed by atoms with E-state index in [2.05, 4.69) is 125 Å². The average molecular weight is 536 g/mol. The summed E-state index contributed by atoms with van der Waals surface area (Å²) in [7, 11) is 0. The molecule has 0 spiro atoms. The Morgan fingerprint density at radius 1 is 0.615 bits per heavy atom. The SMILES string of the molecule is S=P(c1cccnc1)(c1ccc2ccccc2c1)c1cccc2c3ccccc3n3c4ccccc4nc3c12. The van der Waals surface area contributed by atoms with Crippen molar-refractivity contribution in [1.82, 2.24) is 14.4 Å². The van der Waals surface area contributed by atoms with Crippen molar-refractivity contribution in [3.05, 3.63) is 134 Å². The van der Waals surface area contributed by atoms with Gasteiger partial charge in [0.05, 0.1) is 16.6 Å². The average Bonchev–Trinajstić information content (AvgIpc) is 3.41. The fraction of sp³-hybridized carbons (Fsp3) is 0. The van der Waals surface area contributed by atoms with Crippen LogP contribution >= 0.6 is 6.04 Å². The van der Waals surface area contributed by atoms with Crippen molar-refractivity contribution in [2.45, 2.75) is 0 Å². The number of fused-ring (bicyclic) bond motifs is 9. The summed E-state index contributed by atoms with van der Waals surface area (Å²) < 4.78 is 2.31. The first-order chi connectivity index (χ1) is 19.2. The van der Waals surface area contributed by atoms with Crippen LogP contribution in [0.3, 0.4) is 0 Å². The smallest absolute Gasteiger partial charge is 0.147 e. The van der Waals surface area contributed by atoms with Crippen LogP contribution in [-0.2, 0) is 11.8 Å². The summed E-state index contributed by atoms with van der Waals surface area (Å²) in [6.07, 6.45) is 3.77. The summed E-state index contributed by atoms with van der Waals surface area (Å²) in [5, 5.41) is 9.25. The number of rotatable bonds is 3. The standard InChI is InChI=1S/C34H22N3PS/c39-38(26-11-8-20-35-22-26,25-19-18-23-9-1-2-10-24(23)21-25)32-17-7-13-28-27-12-3-5-15-30(27)37-31-16-6-4-14-29(31)36-34(37)33(28)32/h1-22H. The Balaban J connectivity index is 1.59. The van der Waals surface area contributed by atoms with Crippen molar-refractivity contribution in [2.75, 3.05) is 0 Å². The molecule has 184 valence electrons. The normalized spacial score (nSPS) is 13.4. The van der Waals surface area contributed by atoms with Crippen LogP contribution in [0.5, 0.6) is 0 Å². The highest BCUT2D eigenvalue weighted by Gasteiger charge is 2.29. The van der Waals surface area contributed by atoms with Gasteiger partial charge in [-0.3, -0.25) is 9.38 Å². The molecule has 8 rings (SSSR count). The lowest BCUT2D eigenvalue weighted by atomic mass is 10.1. The molecule has 8 aromatic rings. The molecule has 0 saturated heterocycles. The first-order valence-electron chi connectivity index (χ1n) is 12.9. The van der Waals surface area contributed by atoms with E-state index in [1.807, 2.05) is 18.5 Å². The minimum absolute atomic E-state index is 0.944. The van der Waals surface area contributed by atoms with Crippen LogP contribution in [-0.4, -0.2) is 14.4 Å². The lowest BCUT2D eigenvalue weighted by Gasteiger charge is -2.26. The number of aromatic nitrogens is 3. The molecule has 0 fully saturated rings. The number of hydrogen-bond donors (Lipinski definition) is 0. The van der Waals surface area contributed by atoms with Gasteiger partial charge in [-0.2, -0.15) is 0 Å². The summed E-state index contributed by atoms with van der Waals surface area (Å²) in [6.45, 7) is 0. The highest BCUT2D eigenvalue weighted by atomic mass is 32.4. The van der Waals surface area contributed by atoms with Crippen LogP contribution < -0.4 is 15.9 Å².